The highest BCUT2D eigenvalue weighted by Crippen LogP contribution is 2.28. The van der Waals surface area contributed by atoms with E-state index in [1.54, 1.807) is 6.07 Å². The molecule has 2 rings (SSSR count). The Morgan fingerprint density at radius 2 is 2.35 bits per heavy atom. The van der Waals surface area contributed by atoms with E-state index >= 15 is 0 Å². The summed E-state index contributed by atoms with van der Waals surface area (Å²) in [5, 5.41) is 8.82. The molecule has 0 spiro atoms. The lowest BCUT2D eigenvalue weighted by Gasteiger charge is -2.18. The molecule has 17 heavy (non-hydrogen) atoms. The van der Waals surface area contributed by atoms with Crippen molar-refractivity contribution in [3.8, 4) is 0 Å². The molecule has 0 bridgehead atoms. The quantitative estimate of drug-likeness (QED) is 0.905. The van der Waals surface area contributed by atoms with Crippen molar-refractivity contribution in [2.24, 2.45) is 5.92 Å². The Labute approximate surface area is 104 Å². The summed E-state index contributed by atoms with van der Waals surface area (Å²) in [6.45, 7) is 1.42. The molecule has 1 aliphatic rings. The smallest absolute Gasteiger partial charge is 0.303 e. The summed E-state index contributed by atoms with van der Waals surface area (Å²) in [6, 6.07) is 4.68. The molecule has 1 aromatic carbocycles. The SMILES string of the molecule is O=C(O)C[C@H]1CCN(c2ccc(Cl)c(F)c2)C1. The van der Waals surface area contributed by atoms with E-state index in [0.717, 1.165) is 18.7 Å². The number of hydrogen-bond acceptors (Lipinski definition) is 2. The van der Waals surface area contributed by atoms with Gasteiger partial charge < -0.3 is 10.0 Å². The maximum Gasteiger partial charge on any atom is 0.303 e. The Morgan fingerprint density at radius 3 is 3.00 bits per heavy atom. The normalized spacial score (nSPS) is 19.6. The summed E-state index contributed by atoms with van der Waals surface area (Å²) < 4.78 is 13.3. The van der Waals surface area contributed by atoms with Crippen LogP contribution in [-0.2, 0) is 4.79 Å². The molecule has 0 aromatic heterocycles. The van der Waals surface area contributed by atoms with Crippen molar-refractivity contribution in [1.29, 1.82) is 0 Å². The lowest BCUT2D eigenvalue weighted by Crippen LogP contribution is -2.20. The van der Waals surface area contributed by atoms with Crippen molar-refractivity contribution in [3.05, 3.63) is 29.0 Å². The lowest BCUT2D eigenvalue weighted by molar-refractivity contribution is -0.137. The molecule has 0 saturated carbocycles. The standard InChI is InChI=1S/C12H13ClFNO2/c13-10-2-1-9(6-11(10)14)15-4-3-8(7-15)5-12(16)17/h1-2,6,8H,3-5,7H2,(H,16,17)/t8-/m1/s1. The number of carboxylic acid groups (broad SMARTS) is 1. The van der Waals surface area contributed by atoms with E-state index in [1.165, 1.54) is 12.1 Å². The van der Waals surface area contributed by atoms with Crippen LogP contribution in [0.1, 0.15) is 12.8 Å². The number of hydrogen-bond donors (Lipinski definition) is 1. The molecule has 1 N–H and O–H groups in total. The fourth-order valence-electron chi connectivity index (χ4n) is 2.16. The van der Waals surface area contributed by atoms with Crippen molar-refractivity contribution in [2.75, 3.05) is 18.0 Å². The van der Waals surface area contributed by atoms with Crippen LogP contribution in [0.3, 0.4) is 0 Å². The Hall–Kier alpha value is -1.29. The van der Waals surface area contributed by atoms with Crippen molar-refractivity contribution in [2.45, 2.75) is 12.8 Å². The van der Waals surface area contributed by atoms with Gasteiger partial charge in [0, 0.05) is 25.2 Å². The molecule has 0 radical (unpaired) electrons. The van der Waals surface area contributed by atoms with Crippen LogP contribution in [0.4, 0.5) is 10.1 Å². The average molecular weight is 258 g/mol. The Kier molecular flexibility index (Phi) is 3.52. The second kappa shape index (κ2) is 4.92. The van der Waals surface area contributed by atoms with Crippen LogP contribution in [0, 0.1) is 11.7 Å². The van der Waals surface area contributed by atoms with Crippen LogP contribution in [0.2, 0.25) is 5.02 Å². The van der Waals surface area contributed by atoms with Gasteiger partial charge in [-0.15, -0.1) is 0 Å². The monoisotopic (exact) mass is 257 g/mol. The molecule has 1 saturated heterocycles. The van der Waals surface area contributed by atoms with Crippen molar-refractivity contribution in [3.63, 3.8) is 0 Å². The molecule has 3 nitrogen and oxygen atoms in total. The number of halogens is 2. The molecule has 1 heterocycles. The number of nitrogens with zero attached hydrogens (tertiary/aromatic N) is 1. The molecule has 0 unspecified atom stereocenters. The Morgan fingerprint density at radius 1 is 1.59 bits per heavy atom. The van der Waals surface area contributed by atoms with Crippen molar-refractivity contribution < 1.29 is 14.3 Å². The minimum atomic E-state index is -0.779. The maximum absolute atomic E-state index is 13.3. The van der Waals surface area contributed by atoms with Crippen LogP contribution in [-0.4, -0.2) is 24.2 Å². The van der Waals surface area contributed by atoms with E-state index in [2.05, 4.69) is 0 Å². The Bertz CT molecular complexity index is 439. The fourth-order valence-corrected chi connectivity index (χ4v) is 2.28. The van der Waals surface area contributed by atoms with E-state index in [9.17, 15) is 9.18 Å². The van der Waals surface area contributed by atoms with Crippen LogP contribution >= 0.6 is 11.6 Å². The maximum atomic E-state index is 13.3. The molecular weight excluding hydrogens is 245 g/mol. The third kappa shape index (κ3) is 2.88. The first-order valence-electron chi connectivity index (χ1n) is 5.48. The van der Waals surface area contributed by atoms with E-state index in [0.29, 0.717) is 6.54 Å². The zero-order valence-electron chi connectivity index (χ0n) is 9.20. The van der Waals surface area contributed by atoms with Gasteiger partial charge in [0.05, 0.1) is 5.02 Å². The topological polar surface area (TPSA) is 40.5 Å². The number of aliphatic carboxylic acids is 1. The first kappa shape index (κ1) is 12.2. The number of carbonyl (C=O) groups is 1. The predicted molar refractivity (Wildman–Crippen MR) is 64.0 cm³/mol. The van der Waals surface area contributed by atoms with Crippen molar-refractivity contribution >= 4 is 23.3 Å². The highest BCUT2D eigenvalue weighted by molar-refractivity contribution is 6.30. The second-order valence-corrected chi connectivity index (χ2v) is 4.70. The van der Waals surface area contributed by atoms with Gasteiger partial charge in [0.2, 0.25) is 0 Å². The summed E-state index contributed by atoms with van der Waals surface area (Å²) in [5.41, 5.74) is 0.764. The van der Waals surface area contributed by atoms with Crippen LogP contribution in [0.15, 0.2) is 18.2 Å². The summed E-state index contributed by atoms with van der Waals surface area (Å²) in [7, 11) is 0. The molecule has 0 aliphatic carbocycles. The first-order chi connectivity index (χ1) is 8.06. The van der Waals surface area contributed by atoms with Gasteiger partial charge in [0.15, 0.2) is 0 Å². The highest BCUT2D eigenvalue weighted by atomic mass is 35.5. The number of carboxylic acids is 1. The van der Waals surface area contributed by atoms with Gasteiger partial charge in [-0.25, -0.2) is 4.39 Å². The molecule has 1 fully saturated rings. The minimum absolute atomic E-state index is 0.107. The number of rotatable bonds is 3. The van der Waals surface area contributed by atoms with Crippen molar-refractivity contribution in [1.82, 2.24) is 0 Å². The van der Waals surface area contributed by atoms with Gasteiger partial charge in [0.25, 0.3) is 0 Å². The summed E-state index contributed by atoms with van der Waals surface area (Å²) in [6.07, 6.45) is 1.00. The second-order valence-electron chi connectivity index (χ2n) is 4.30. The van der Waals surface area contributed by atoms with Gasteiger partial charge >= 0.3 is 5.97 Å². The van der Waals surface area contributed by atoms with Gasteiger partial charge in [-0.3, -0.25) is 4.79 Å². The zero-order valence-corrected chi connectivity index (χ0v) is 9.95. The van der Waals surface area contributed by atoms with Gasteiger partial charge in [0.1, 0.15) is 5.82 Å². The lowest BCUT2D eigenvalue weighted by atomic mass is 10.1. The average Bonchev–Trinajstić information content (AvgIpc) is 2.69. The molecular formula is C12H13ClFNO2. The van der Waals surface area contributed by atoms with Crippen LogP contribution in [0.5, 0.6) is 0 Å². The molecule has 92 valence electrons. The highest BCUT2D eigenvalue weighted by Gasteiger charge is 2.24. The fraction of sp³-hybridized carbons (Fsp3) is 0.417. The van der Waals surface area contributed by atoms with E-state index < -0.39 is 11.8 Å². The number of anilines is 1. The van der Waals surface area contributed by atoms with Gasteiger partial charge in [-0.05, 0) is 30.5 Å². The van der Waals surface area contributed by atoms with E-state index in [-0.39, 0.29) is 17.4 Å². The van der Waals surface area contributed by atoms with Crippen LogP contribution in [0.25, 0.3) is 0 Å². The van der Waals surface area contributed by atoms with E-state index in [4.69, 9.17) is 16.7 Å². The molecule has 1 atom stereocenters. The Balaban J connectivity index is 2.04. The third-order valence-electron chi connectivity index (χ3n) is 3.02. The van der Waals surface area contributed by atoms with Crippen LogP contribution < -0.4 is 4.90 Å². The summed E-state index contributed by atoms with van der Waals surface area (Å²) in [5.74, 6) is -1.07. The largest absolute Gasteiger partial charge is 0.481 e. The molecule has 0 amide bonds. The van der Waals surface area contributed by atoms with E-state index in [1.807, 2.05) is 4.90 Å². The van der Waals surface area contributed by atoms with Gasteiger partial charge in [-0.1, -0.05) is 11.6 Å². The zero-order chi connectivity index (χ0) is 12.4. The number of benzene rings is 1. The van der Waals surface area contributed by atoms with Gasteiger partial charge in [-0.2, -0.15) is 0 Å². The third-order valence-corrected chi connectivity index (χ3v) is 3.32. The summed E-state index contributed by atoms with van der Waals surface area (Å²) >= 11 is 5.61. The predicted octanol–water partition coefficient (Wildman–Crippen LogP) is 2.78. The molecule has 1 aromatic rings. The minimum Gasteiger partial charge on any atom is -0.481 e. The molecule has 1 aliphatic heterocycles. The molecule has 5 heteroatoms. The summed E-state index contributed by atoms with van der Waals surface area (Å²) in [4.78, 5) is 12.6. The first-order valence-corrected chi connectivity index (χ1v) is 5.86.